The van der Waals surface area contributed by atoms with Crippen LogP contribution in [0.25, 0.3) is 0 Å². The van der Waals surface area contributed by atoms with Gasteiger partial charge in [-0.05, 0) is 25.0 Å². The number of para-hydroxylation sites is 2. The van der Waals surface area contributed by atoms with Crippen LogP contribution in [-0.4, -0.2) is 53.4 Å². The van der Waals surface area contributed by atoms with Gasteiger partial charge >= 0.3 is 6.09 Å². The van der Waals surface area contributed by atoms with Crippen molar-refractivity contribution in [3.63, 3.8) is 0 Å². The summed E-state index contributed by atoms with van der Waals surface area (Å²) in [6.07, 6.45) is 0.533. The number of carbonyl (C=O) groups excluding carboxylic acids is 3. The summed E-state index contributed by atoms with van der Waals surface area (Å²) in [5, 5.41) is 0. The molecule has 0 bridgehead atoms. The summed E-state index contributed by atoms with van der Waals surface area (Å²) in [5.41, 5.74) is 1.72. The van der Waals surface area contributed by atoms with Crippen molar-refractivity contribution >= 4 is 17.9 Å². The van der Waals surface area contributed by atoms with E-state index in [2.05, 4.69) is 0 Å². The lowest BCUT2D eigenvalue weighted by molar-refractivity contribution is -0.134. The minimum atomic E-state index is -0.577. The Balaban J connectivity index is 1.38. The average Bonchev–Trinajstić information content (AvgIpc) is 3.09. The number of ether oxygens (including phenoxy) is 2. The molecule has 0 unspecified atom stereocenters. The average molecular weight is 392 g/mol. The molecule has 3 heterocycles. The smallest absolute Gasteiger partial charge is 0.417 e. The van der Waals surface area contributed by atoms with E-state index in [4.69, 9.17) is 9.47 Å². The fourth-order valence-electron chi connectivity index (χ4n) is 4.42. The third-order valence-electron chi connectivity index (χ3n) is 5.85. The Hall–Kier alpha value is -3.35. The maximum Gasteiger partial charge on any atom is 0.417 e. The van der Waals surface area contributed by atoms with E-state index in [9.17, 15) is 14.4 Å². The molecule has 0 spiro atoms. The molecule has 7 nitrogen and oxygen atoms in total. The number of fused-ring (bicyclic) bond motifs is 2. The molecule has 148 valence electrons. The normalized spacial score (nSPS) is 19.4. The summed E-state index contributed by atoms with van der Waals surface area (Å²) < 4.78 is 10.8. The minimum absolute atomic E-state index is 0.0157. The number of hydrogen-bond acceptors (Lipinski definition) is 5. The van der Waals surface area contributed by atoms with Crippen LogP contribution in [0.1, 0.15) is 29.9 Å². The highest BCUT2D eigenvalue weighted by atomic mass is 16.6. The molecule has 2 fully saturated rings. The molecule has 2 saturated heterocycles. The molecular weight excluding hydrogens is 372 g/mol. The summed E-state index contributed by atoms with van der Waals surface area (Å²) in [5.74, 6) is 0.690. The lowest BCUT2D eigenvalue weighted by Crippen LogP contribution is -2.49. The number of carbonyl (C=O) groups is 3. The second kappa shape index (κ2) is 6.92. The number of benzene rings is 2. The number of likely N-dealkylation sites (tertiary alicyclic amines) is 1. The van der Waals surface area contributed by atoms with E-state index in [1.807, 2.05) is 53.4 Å². The minimum Gasteiger partial charge on any atom is -0.457 e. The largest absolute Gasteiger partial charge is 0.457 e. The summed E-state index contributed by atoms with van der Waals surface area (Å²) in [7, 11) is 0. The van der Waals surface area contributed by atoms with Gasteiger partial charge in [-0.2, -0.15) is 0 Å². The van der Waals surface area contributed by atoms with Gasteiger partial charge in [0.1, 0.15) is 11.5 Å². The lowest BCUT2D eigenvalue weighted by atomic mass is 9.86. The van der Waals surface area contributed by atoms with Crippen LogP contribution in [0.3, 0.4) is 0 Å². The Morgan fingerprint density at radius 2 is 1.48 bits per heavy atom. The molecule has 0 atom stereocenters. The van der Waals surface area contributed by atoms with E-state index in [0.29, 0.717) is 37.4 Å². The molecule has 3 aliphatic rings. The van der Waals surface area contributed by atoms with Gasteiger partial charge < -0.3 is 14.4 Å². The molecule has 5 rings (SSSR count). The molecule has 0 aromatic heterocycles. The second-order valence-corrected chi connectivity index (χ2v) is 7.49. The van der Waals surface area contributed by atoms with Crippen LogP contribution in [0.4, 0.5) is 4.79 Å². The summed E-state index contributed by atoms with van der Waals surface area (Å²) >= 11 is 0. The van der Waals surface area contributed by atoms with Gasteiger partial charge in [0.25, 0.3) is 5.91 Å². The summed E-state index contributed by atoms with van der Waals surface area (Å²) in [4.78, 5) is 40.3. The third kappa shape index (κ3) is 2.93. The van der Waals surface area contributed by atoms with Crippen molar-refractivity contribution in [3.8, 4) is 11.5 Å². The Labute approximate surface area is 167 Å². The highest BCUT2D eigenvalue weighted by Gasteiger charge is 2.41. The number of imide groups is 1. The molecule has 2 aromatic rings. The highest BCUT2D eigenvalue weighted by molar-refractivity contribution is 5.98. The fraction of sp³-hybridized carbons (Fsp3) is 0.318. The van der Waals surface area contributed by atoms with Gasteiger partial charge in [0.05, 0.1) is 5.92 Å². The number of rotatable bonds is 2. The number of nitrogens with zero attached hydrogens (tertiary/aromatic N) is 2. The monoisotopic (exact) mass is 392 g/mol. The zero-order valence-electron chi connectivity index (χ0n) is 15.7. The number of hydrogen-bond donors (Lipinski definition) is 0. The van der Waals surface area contributed by atoms with Crippen molar-refractivity contribution < 1.29 is 23.9 Å². The zero-order valence-corrected chi connectivity index (χ0v) is 15.7. The number of cyclic esters (lactones) is 1. The van der Waals surface area contributed by atoms with Crippen LogP contribution in [0.5, 0.6) is 11.5 Å². The molecule has 29 heavy (non-hydrogen) atoms. The topological polar surface area (TPSA) is 76.2 Å². The van der Waals surface area contributed by atoms with Crippen LogP contribution in [0, 0.1) is 0 Å². The van der Waals surface area contributed by atoms with Crippen molar-refractivity contribution in [1.82, 2.24) is 9.80 Å². The molecule has 7 heteroatoms. The maximum atomic E-state index is 13.5. The standard InChI is InChI=1S/C22H20N2O5/c25-19-13-28-22(27)24(19)14-9-11-23(12-10-14)21(26)20-15-5-1-3-7-17(15)29-18-8-4-2-6-16(18)20/h1-8,14,20H,9-13H2. The van der Waals surface area contributed by atoms with Crippen LogP contribution >= 0.6 is 0 Å². The van der Waals surface area contributed by atoms with E-state index in [-0.39, 0.29) is 24.5 Å². The van der Waals surface area contributed by atoms with Gasteiger partial charge in [0.15, 0.2) is 6.61 Å². The molecule has 0 aliphatic carbocycles. The molecule has 0 radical (unpaired) electrons. The van der Waals surface area contributed by atoms with Crippen molar-refractivity contribution in [2.45, 2.75) is 24.8 Å². The van der Waals surface area contributed by atoms with Gasteiger partial charge in [-0.1, -0.05) is 36.4 Å². The Bertz CT molecular complexity index is 935. The quantitative estimate of drug-likeness (QED) is 0.786. The lowest BCUT2D eigenvalue weighted by Gasteiger charge is -2.37. The van der Waals surface area contributed by atoms with Crippen molar-refractivity contribution in [2.24, 2.45) is 0 Å². The Kier molecular flexibility index (Phi) is 4.23. The van der Waals surface area contributed by atoms with Gasteiger partial charge in [0, 0.05) is 30.3 Å². The van der Waals surface area contributed by atoms with Crippen LogP contribution in [0.15, 0.2) is 48.5 Å². The number of amides is 3. The van der Waals surface area contributed by atoms with Crippen LogP contribution in [0.2, 0.25) is 0 Å². The van der Waals surface area contributed by atoms with Gasteiger partial charge in [0.2, 0.25) is 5.91 Å². The summed E-state index contributed by atoms with van der Waals surface area (Å²) in [6, 6.07) is 15.0. The first-order chi connectivity index (χ1) is 14.1. The first kappa shape index (κ1) is 17.7. The van der Waals surface area contributed by atoms with Crippen molar-refractivity contribution in [2.75, 3.05) is 19.7 Å². The summed E-state index contributed by atoms with van der Waals surface area (Å²) in [6.45, 7) is 0.790. The number of piperidine rings is 1. The predicted molar refractivity (Wildman–Crippen MR) is 103 cm³/mol. The molecule has 3 aliphatic heterocycles. The molecule has 0 saturated carbocycles. The van der Waals surface area contributed by atoms with E-state index >= 15 is 0 Å². The Morgan fingerprint density at radius 3 is 2.03 bits per heavy atom. The van der Waals surface area contributed by atoms with Gasteiger partial charge in [-0.15, -0.1) is 0 Å². The fourth-order valence-corrected chi connectivity index (χ4v) is 4.42. The molecule has 2 aromatic carbocycles. The third-order valence-corrected chi connectivity index (χ3v) is 5.85. The van der Waals surface area contributed by atoms with Crippen LogP contribution in [-0.2, 0) is 14.3 Å². The zero-order chi connectivity index (χ0) is 20.0. The predicted octanol–water partition coefficient (Wildman–Crippen LogP) is 2.89. The Morgan fingerprint density at radius 1 is 0.897 bits per heavy atom. The van der Waals surface area contributed by atoms with Crippen molar-refractivity contribution in [1.29, 1.82) is 0 Å². The first-order valence-corrected chi connectivity index (χ1v) is 9.77. The maximum absolute atomic E-state index is 13.5. The highest BCUT2D eigenvalue weighted by Crippen LogP contribution is 2.44. The first-order valence-electron chi connectivity index (χ1n) is 9.77. The molecule has 3 amide bonds. The second-order valence-electron chi connectivity index (χ2n) is 7.49. The molecule has 0 N–H and O–H groups in total. The van der Waals surface area contributed by atoms with E-state index in [1.54, 1.807) is 0 Å². The van der Waals surface area contributed by atoms with E-state index in [0.717, 1.165) is 11.1 Å². The molecular formula is C22H20N2O5. The SMILES string of the molecule is O=C(C1c2ccccc2Oc2ccccc21)N1CCC(N2C(=O)COC2=O)CC1. The van der Waals surface area contributed by atoms with E-state index < -0.39 is 12.0 Å². The van der Waals surface area contributed by atoms with Gasteiger partial charge in [-0.25, -0.2) is 9.69 Å². The van der Waals surface area contributed by atoms with Crippen LogP contribution < -0.4 is 4.74 Å². The van der Waals surface area contributed by atoms with E-state index in [1.165, 1.54) is 4.90 Å². The van der Waals surface area contributed by atoms with Crippen molar-refractivity contribution in [3.05, 3.63) is 59.7 Å². The van der Waals surface area contributed by atoms with Gasteiger partial charge in [-0.3, -0.25) is 9.59 Å².